The highest BCUT2D eigenvalue weighted by Gasteiger charge is 2.22. The van der Waals surface area contributed by atoms with Crippen LogP contribution in [0.2, 0.25) is 0 Å². The zero-order valence-electron chi connectivity index (χ0n) is 30.3. The van der Waals surface area contributed by atoms with Gasteiger partial charge < -0.3 is 0 Å². The number of unbranched alkanes of at least 4 members (excludes halogenated alkanes) is 30. The minimum atomic E-state index is -4.39. The monoisotopic (exact) mass is 645 g/mol. The van der Waals surface area contributed by atoms with Crippen LogP contribution in [0.3, 0.4) is 0 Å². The third-order valence-electron chi connectivity index (χ3n) is 9.79. The molecule has 0 aromatic rings. The predicted molar refractivity (Wildman–Crippen MR) is 194 cm³/mol. The first kappa shape index (κ1) is 43.9. The van der Waals surface area contributed by atoms with E-state index in [1.807, 2.05) is 6.92 Å². The molecule has 0 aromatic heterocycles. The summed E-state index contributed by atoms with van der Waals surface area (Å²) in [6.07, 6.45) is 45.0. The van der Waals surface area contributed by atoms with E-state index in [1.165, 1.54) is 193 Å². The Morgan fingerprint density at radius 2 is 0.614 bits per heavy atom. The van der Waals surface area contributed by atoms with Crippen LogP contribution < -0.4 is 0 Å². The highest BCUT2D eigenvalue weighted by molar-refractivity contribution is 7.80. The van der Waals surface area contributed by atoms with Crippen molar-refractivity contribution in [3.05, 3.63) is 0 Å². The second-order valence-electron chi connectivity index (χ2n) is 14.2. The molecule has 0 saturated carbocycles. The molecule has 1 unspecified atom stereocenters. The molecule has 0 radical (unpaired) electrons. The molecule has 0 heterocycles. The van der Waals surface area contributed by atoms with Crippen molar-refractivity contribution < 1.29 is 17.2 Å². The maximum Gasteiger partial charge on any atom is 0.397 e. The smallest absolute Gasteiger partial charge is 0.264 e. The summed E-state index contributed by atoms with van der Waals surface area (Å²) in [4.78, 5) is 0. The fourth-order valence-corrected chi connectivity index (χ4v) is 7.33. The van der Waals surface area contributed by atoms with Crippen molar-refractivity contribution in [2.45, 2.75) is 245 Å². The van der Waals surface area contributed by atoms with E-state index in [2.05, 4.69) is 13.8 Å². The largest absolute Gasteiger partial charge is 0.397 e. The van der Waals surface area contributed by atoms with Gasteiger partial charge in [-0.25, -0.2) is 4.18 Å². The summed E-state index contributed by atoms with van der Waals surface area (Å²) >= 11 is 0. The third kappa shape index (κ3) is 34.7. The van der Waals surface area contributed by atoms with Crippen LogP contribution in [0, 0.1) is 5.92 Å². The first-order valence-corrected chi connectivity index (χ1v) is 21.4. The summed E-state index contributed by atoms with van der Waals surface area (Å²) in [5.41, 5.74) is 0. The van der Waals surface area contributed by atoms with Crippen LogP contribution in [0.1, 0.15) is 239 Å². The molecule has 0 bridgehead atoms. The van der Waals surface area contributed by atoms with Gasteiger partial charge in [0.1, 0.15) is 0 Å². The molecule has 0 aromatic carbocycles. The maximum atomic E-state index is 11.3. The minimum Gasteiger partial charge on any atom is -0.264 e. The molecule has 0 amide bonds. The summed E-state index contributed by atoms with van der Waals surface area (Å²) in [7, 11) is -4.39. The van der Waals surface area contributed by atoms with E-state index < -0.39 is 16.5 Å². The van der Waals surface area contributed by atoms with Gasteiger partial charge in [0.2, 0.25) is 0 Å². The number of hydrogen-bond acceptors (Lipinski definition) is 3. The first-order valence-electron chi connectivity index (χ1n) is 20.1. The average Bonchev–Trinajstić information content (AvgIpc) is 2.98. The molecule has 0 aliphatic heterocycles. The van der Waals surface area contributed by atoms with E-state index in [9.17, 15) is 13.0 Å². The van der Waals surface area contributed by atoms with Gasteiger partial charge in [-0.2, -0.15) is 8.42 Å². The molecular formula is C39H80O4S. The maximum absolute atomic E-state index is 11.3. The highest BCUT2D eigenvalue weighted by Crippen LogP contribution is 2.25. The van der Waals surface area contributed by atoms with Crippen molar-refractivity contribution in [3.63, 3.8) is 0 Å². The van der Waals surface area contributed by atoms with E-state index in [-0.39, 0.29) is 5.92 Å². The summed E-state index contributed by atoms with van der Waals surface area (Å²) in [5, 5.41) is 0. The number of hydrogen-bond donors (Lipinski definition) is 1. The summed E-state index contributed by atoms with van der Waals surface area (Å²) in [5.74, 6) is 0.204. The molecule has 0 aliphatic carbocycles. The fraction of sp³-hybridized carbons (Fsp3) is 1.00. The standard InChI is InChI=1S/C39H80O4S/c1-4-6-8-10-12-14-16-18-20-22-24-26-28-30-32-34-36-39(38(3)43-44(40,41)42)37-35-33-31-29-27-25-23-21-19-17-15-13-11-9-7-5-2/h38-39H,4-37H2,1-3H3,(H,40,41,42). The Morgan fingerprint density at radius 1 is 0.409 bits per heavy atom. The average molecular weight is 645 g/mol. The van der Waals surface area contributed by atoms with E-state index in [0.29, 0.717) is 0 Å². The van der Waals surface area contributed by atoms with Gasteiger partial charge in [0.25, 0.3) is 0 Å². The topological polar surface area (TPSA) is 63.6 Å². The highest BCUT2D eigenvalue weighted by atomic mass is 32.3. The summed E-state index contributed by atoms with van der Waals surface area (Å²) in [6.45, 7) is 6.38. The van der Waals surface area contributed by atoms with E-state index in [4.69, 9.17) is 4.18 Å². The Hall–Kier alpha value is -0.130. The Balaban J connectivity index is 3.78. The molecular weight excluding hydrogens is 564 g/mol. The molecule has 0 spiro atoms. The zero-order valence-corrected chi connectivity index (χ0v) is 31.1. The van der Waals surface area contributed by atoms with Crippen LogP contribution >= 0.6 is 0 Å². The molecule has 4 nitrogen and oxygen atoms in total. The second-order valence-corrected chi connectivity index (χ2v) is 15.2. The molecule has 0 fully saturated rings. The molecule has 44 heavy (non-hydrogen) atoms. The van der Waals surface area contributed by atoms with Crippen LogP contribution in [0.4, 0.5) is 0 Å². The van der Waals surface area contributed by atoms with Crippen molar-refractivity contribution in [1.82, 2.24) is 0 Å². The van der Waals surface area contributed by atoms with Gasteiger partial charge in [-0.15, -0.1) is 0 Å². The Kier molecular flexibility index (Phi) is 34.1. The molecule has 0 saturated heterocycles. The number of rotatable bonds is 37. The quantitative estimate of drug-likeness (QED) is 0.0540. The van der Waals surface area contributed by atoms with E-state index in [1.54, 1.807) is 0 Å². The van der Waals surface area contributed by atoms with E-state index >= 15 is 0 Å². The van der Waals surface area contributed by atoms with Gasteiger partial charge in [-0.3, -0.25) is 4.55 Å². The SMILES string of the molecule is CCCCCCCCCCCCCCCCCCC(CCCCCCCCCCCCCCCCCC)C(C)OS(=O)(=O)O. The van der Waals surface area contributed by atoms with Crippen molar-refractivity contribution in [1.29, 1.82) is 0 Å². The zero-order chi connectivity index (χ0) is 32.4. The van der Waals surface area contributed by atoms with Gasteiger partial charge in [0.15, 0.2) is 0 Å². The first-order chi connectivity index (χ1) is 21.4. The van der Waals surface area contributed by atoms with Crippen LogP contribution in [-0.4, -0.2) is 19.1 Å². The normalized spacial score (nSPS) is 12.8. The summed E-state index contributed by atoms with van der Waals surface area (Å²) in [6, 6.07) is 0. The van der Waals surface area contributed by atoms with Gasteiger partial charge in [-0.05, 0) is 25.7 Å². The van der Waals surface area contributed by atoms with Gasteiger partial charge in [0, 0.05) is 0 Å². The second kappa shape index (κ2) is 34.2. The van der Waals surface area contributed by atoms with Crippen molar-refractivity contribution in [2.24, 2.45) is 5.92 Å². The van der Waals surface area contributed by atoms with Crippen molar-refractivity contribution >= 4 is 10.4 Å². The third-order valence-corrected chi connectivity index (χ3v) is 10.3. The lowest BCUT2D eigenvalue weighted by Crippen LogP contribution is -2.24. The van der Waals surface area contributed by atoms with Gasteiger partial charge in [-0.1, -0.05) is 219 Å². The molecule has 5 heteroatoms. The van der Waals surface area contributed by atoms with Gasteiger partial charge >= 0.3 is 10.4 Å². The molecule has 266 valence electrons. The predicted octanol–water partition coefficient (Wildman–Crippen LogP) is 14.1. The van der Waals surface area contributed by atoms with Crippen molar-refractivity contribution in [2.75, 3.05) is 0 Å². The van der Waals surface area contributed by atoms with Gasteiger partial charge in [0.05, 0.1) is 6.10 Å². The van der Waals surface area contributed by atoms with Crippen LogP contribution in [0.15, 0.2) is 0 Å². The van der Waals surface area contributed by atoms with E-state index in [0.717, 1.165) is 25.7 Å². The molecule has 1 N–H and O–H groups in total. The lowest BCUT2D eigenvalue weighted by atomic mass is 9.90. The van der Waals surface area contributed by atoms with Crippen molar-refractivity contribution in [3.8, 4) is 0 Å². The Labute approximate surface area is 278 Å². The van der Waals surface area contributed by atoms with Crippen LogP contribution in [0.5, 0.6) is 0 Å². The van der Waals surface area contributed by atoms with Crippen LogP contribution in [-0.2, 0) is 14.6 Å². The van der Waals surface area contributed by atoms with Crippen LogP contribution in [0.25, 0.3) is 0 Å². The molecule has 0 aliphatic rings. The summed E-state index contributed by atoms with van der Waals surface area (Å²) < 4.78 is 36.9. The lowest BCUT2D eigenvalue weighted by Gasteiger charge is -2.23. The minimum absolute atomic E-state index is 0.204. The Bertz CT molecular complexity index is 615. The molecule has 0 rings (SSSR count). The molecule has 1 atom stereocenters. The lowest BCUT2D eigenvalue weighted by molar-refractivity contribution is 0.124. The fourth-order valence-electron chi connectivity index (χ4n) is 6.79. The Morgan fingerprint density at radius 3 is 0.818 bits per heavy atom.